The number of aryl methyl sites for hydroxylation is 2. The lowest BCUT2D eigenvalue weighted by Gasteiger charge is -2.11. The summed E-state index contributed by atoms with van der Waals surface area (Å²) in [6.45, 7) is 1.85. The quantitative estimate of drug-likeness (QED) is 0.389. The third-order valence-electron chi connectivity index (χ3n) is 4.19. The van der Waals surface area contributed by atoms with Crippen LogP contribution in [-0.4, -0.2) is 21.1 Å². The summed E-state index contributed by atoms with van der Waals surface area (Å²) >= 11 is 9.45. The molecular formula is C18H16ClN3OS2. The maximum absolute atomic E-state index is 12.4. The third kappa shape index (κ3) is 3.38. The average Bonchev–Trinajstić information content (AvgIpc) is 3.16. The van der Waals surface area contributed by atoms with Crippen LogP contribution in [0.15, 0.2) is 35.5 Å². The van der Waals surface area contributed by atoms with Crippen LogP contribution in [0.2, 0.25) is 5.15 Å². The van der Waals surface area contributed by atoms with Gasteiger partial charge < -0.3 is 5.32 Å². The molecule has 3 aromatic rings. The fraction of sp³-hybridized carbons (Fsp3) is 0.278. The Balaban J connectivity index is 1.53. The number of nitrogens with zero attached hydrogens (tertiary/aromatic N) is 2. The molecule has 0 aliphatic heterocycles. The fourth-order valence-corrected chi connectivity index (χ4v) is 5.44. The first-order chi connectivity index (χ1) is 12.1. The third-order valence-corrected chi connectivity index (χ3v) is 6.61. The molecule has 0 radical (unpaired) electrons. The van der Waals surface area contributed by atoms with E-state index in [1.54, 1.807) is 11.3 Å². The van der Waals surface area contributed by atoms with Crippen molar-refractivity contribution in [3.63, 3.8) is 0 Å². The van der Waals surface area contributed by atoms with Crippen molar-refractivity contribution in [1.29, 1.82) is 0 Å². The number of halogens is 1. The van der Waals surface area contributed by atoms with E-state index in [1.165, 1.54) is 28.6 Å². The van der Waals surface area contributed by atoms with Gasteiger partial charge in [0, 0.05) is 10.6 Å². The summed E-state index contributed by atoms with van der Waals surface area (Å²) in [5.41, 5.74) is 2.10. The van der Waals surface area contributed by atoms with E-state index < -0.39 is 0 Å². The first kappa shape index (κ1) is 16.8. The zero-order chi connectivity index (χ0) is 17.4. The number of carbonyl (C=O) groups excluding carboxylic acids is 1. The summed E-state index contributed by atoms with van der Waals surface area (Å²) in [6, 6.07) is 9.42. The van der Waals surface area contributed by atoms with Crippen LogP contribution in [-0.2, 0) is 17.6 Å². The summed E-state index contributed by atoms with van der Waals surface area (Å²) in [6.07, 6.45) is 3.34. The SMILES string of the molecule is CC(Sc1nc(Cl)c2c3c(sc2n1)CCC3)C(=O)Nc1ccccc1. The largest absolute Gasteiger partial charge is 0.325 e. The number of thioether (sulfide) groups is 1. The van der Waals surface area contributed by atoms with E-state index in [-0.39, 0.29) is 11.2 Å². The Morgan fingerprint density at radius 3 is 2.88 bits per heavy atom. The first-order valence-corrected chi connectivity index (χ1v) is 10.2. The molecule has 2 heterocycles. The Labute approximate surface area is 159 Å². The molecule has 4 nitrogen and oxygen atoms in total. The zero-order valence-corrected chi connectivity index (χ0v) is 16.0. The van der Waals surface area contributed by atoms with Gasteiger partial charge in [-0.3, -0.25) is 4.79 Å². The lowest BCUT2D eigenvalue weighted by molar-refractivity contribution is -0.115. The van der Waals surface area contributed by atoms with Crippen LogP contribution in [0.25, 0.3) is 10.2 Å². The second kappa shape index (κ2) is 6.94. The highest BCUT2D eigenvalue weighted by atomic mass is 35.5. The van der Waals surface area contributed by atoms with E-state index in [0.29, 0.717) is 10.3 Å². The van der Waals surface area contributed by atoms with E-state index in [2.05, 4.69) is 15.3 Å². The number of para-hydroxylation sites is 1. The highest BCUT2D eigenvalue weighted by Gasteiger charge is 2.23. The van der Waals surface area contributed by atoms with Crippen molar-refractivity contribution < 1.29 is 4.79 Å². The maximum Gasteiger partial charge on any atom is 0.237 e. The van der Waals surface area contributed by atoms with E-state index in [0.717, 1.165) is 28.7 Å². The number of carbonyl (C=O) groups is 1. The van der Waals surface area contributed by atoms with Gasteiger partial charge in [-0.2, -0.15) is 0 Å². The number of amides is 1. The van der Waals surface area contributed by atoms with Crippen LogP contribution in [0.5, 0.6) is 0 Å². The second-order valence-corrected chi connectivity index (χ2v) is 8.70. The van der Waals surface area contributed by atoms with Crippen molar-refractivity contribution >= 4 is 56.5 Å². The van der Waals surface area contributed by atoms with Crippen LogP contribution < -0.4 is 5.32 Å². The molecule has 1 aliphatic rings. The van der Waals surface area contributed by atoms with E-state index in [9.17, 15) is 4.79 Å². The van der Waals surface area contributed by atoms with Gasteiger partial charge in [-0.25, -0.2) is 9.97 Å². The predicted molar refractivity (Wildman–Crippen MR) is 105 cm³/mol. The van der Waals surface area contributed by atoms with E-state index in [4.69, 9.17) is 11.6 Å². The van der Waals surface area contributed by atoms with Gasteiger partial charge in [-0.15, -0.1) is 11.3 Å². The maximum atomic E-state index is 12.4. The van der Waals surface area contributed by atoms with Crippen LogP contribution in [0, 0.1) is 0 Å². The number of hydrogen-bond acceptors (Lipinski definition) is 5. The molecule has 1 amide bonds. The van der Waals surface area contributed by atoms with Gasteiger partial charge in [0.25, 0.3) is 0 Å². The van der Waals surface area contributed by atoms with Gasteiger partial charge in [0.05, 0.1) is 10.6 Å². The summed E-state index contributed by atoms with van der Waals surface area (Å²) in [5.74, 6) is -0.0790. The highest BCUT2D eigenvalue weighted by molar-refractivity contribution is 8.00. The normalized spacial score (nSPS) is 14.5. The Hall–Kier alpha value is -1.63. The summed E-state index contributed by atoms with van der Waals surface area (Å²) < 4.78 is 0. The molecule has 1 N–H and O–H groups in total. The van der Waals surface area contributed by atoms with Crippen LogP contribution in [0.4, 0.5) is 5.69 Å². The zero-order valence-electron chi connectivity index (χ0n) is 13.6. The Bertz CT molecular complexity index is 942. The average molecular weight is 390 g/mol. The molecule has 0 bridgehead atoms. The minimum atomic E-state index is -0.319. The Morgan fingerprint density at radius 1 is 1.28 bits per heavy atom. The van der Waals surface area contributed by atoms with E-state index in [1.807, 2.05) is 37.3 Å². The Morgan fingerprint density at radius 2 is 2.08 bits per heavy atom. The van der Waals surface area contributed by atoms with Gasteiger partial charge >= 0.3 is 0 Å². The highest BCUT2D eigenvalue weighted by Crippen LogP contribution is 2.40. The number of aromatic nitrogens is 2. The minimum Gasteiger partial charge on any atom is -0.325 e. The lowest BCUT2D eigenvalue weighted by Crippen LogP contribution is -2.22. The second-order valence-electron chi connectivity index (χ2n) is 5.95. The number of benzene rings is 1. The molecule has 128 valence electrons. The number of fused-ring (bicyclic) bond motifs is 3. The monoisotopic (exact) mass is 389 g/mol. The molecule has 1 aliphatic carbocycles. The summed E-state index contributed by atoms with van der Waals surface area (Å²) in [7, 11) is 0. The van der Waals surface area contributed by atoms with Crippen molar-refractivity contribution in [3.05, 3.63) is 45.9 Å². The first-order valence-electron chi connectivity index (χ1n) is 8.12. The molecule has 0 spiro atoms. The smallest absolute Gasteiger partial charge is 0.237 e. The number of anilines is 1. The van der Waals surface area contributed by atoms with Gasteiger partial charge in [-0.05, 0) is 43.9 Å². The molecular weight excluding hydrogens is 374 g/mol. The molecule has 2 aromatic heterocycles. The number of rotatable bonds is 4. The van der Waals surface area contributed by atoms with Gasteiger partial charge in [0.15, 0.2) is 5.16 Å². The summed E-state index contributed by atoms with van der Waals surface area (Å²) in [5, 5.41) is 4.64. The molecule has 4 rings (SSSR count). The number of nitrogens with one attached hydrogen (secondary N) is 1. The van der Waals surface area contributed by atoms with Gasteiger partial charge in [0.1, 0.15) is 9.98 Å². The Kier molecular flexibility index (Phi) is 4.67. The molecule has 0 saturated carbocycles. The molecule has 1 aromatic carbocycles. The van der Waals surface area contributed by atoms with Crippen LogP contribution in [0.3, 0.4) is 0 Å². The number of hydrogen-bond donors (Lipinski definition) is 1. The minimum absolute atomic E-state index is 0.0790. The van der Waals surface area contributed by atoms with Crippen molar-refractivity contribution in [2.45, 2.75) is 36.6 Å². The molecule has 1 unspecified atom stereocenters. The van der Waals surface area contributed by atoms with Crippen molar-refractivity contribution in [3.8, 4) is 0 Å². The van der Waals surface area contributed by atoms with Gasteiger partial charge in [0.2, 0.25) is 5.91 Å². The fourth-order valence-electron chi connectivity index (χ4n) is 2.96. The molecule has 1 atom stereocenters. The lowest BCUT2D eigenvalue weighted by atomic mass is 10.2. The molecule has 0 saturated heterocycles. The van der Waals surface area contributed by atoms with Crippen molar-refractivity contribution in [1.82, 2.24) is 9.97 Å². The topological polar surface area (TPSA) is 54.9 Å². The summed E-state index contributed by atoms with van der Waals surface area (Å²) in [4.78, 5) is 23.7. The van der Waals surface area contributed by atoms with Crippen molar-refractivity contribution in [2.75, 3.05) is 5.32 Å². The number of thiophene rings is 1. The van der Waals surface area contributed by atoms with Crippen LogP contribution in [0.1, 0.15) is 23.8 Å². The van der Waals surface area contributed by atoms with Crippen LogP contribution >= 0.6 is 34.7 Å². The standard InChI is InChI=1S/C18H16ClN3OS2/c1-10(16(23)20-11-6-3-2-4-7-11)24-18-21-15(19)14-12-8-5-9-13(12)25-17(14)22-18/h2-4,6-7,10H,5,8-9H2,1H3,(H,20,23). The van der Waals surface area contributed by atoms with Crippen molar-refractivity contribution in [2.24, 2.45) is 0 Å². The van der Waals surface area contributed by atoms with E-state index >= 15 is 0 Å². The molecule has 7 heteroatoms. The molecule has 0 fully saturated rings. The predicted octanol–water partition coefficient (Wildman–Crippen LogP) is 4.95. The molecule has 25 heavy (non-hydrogen) atoms. The van der Waals surface area contributed by atoms with Gasteiger partial charge in [-0.1, -0.05) is 41.6 Å².